The number of hydrogen-bond donors (Lipinski definition) is 1. The minimum Gasteiger partial charge on any atom is -0.298 e. The monoisotopic (exact) mass is 425 g/mol. The predicted octanol–water partition coefficient (Wildman–Crippen LogP) is 3.58. The van der Waals surface area contributed by atoms with Crippen LogP contribution < -0.4 is 5.32 Å². The van der Waals surface area contributed by atoms with Gasteiger partial charge in [-0.1, -0.05) is 13.8 Å². The van der Waals surface area contributed by atoms with Crippen LogP contribution in [0.4, 0.5) is 22.7 Å². The molecule has 0 saturated carbocycles. The predicted molar refractivity (Wildman–Crippen MR) is 91.6 cm³/mol. The number of thiazole rings is 1. The molecule has 0 spiro atoms. The Morgan fingerprint density at radius 1 is 1.26 bits per heavy atom. The molecule has 2 aromatic rings. The number of amides is 1. The van der Waals surface area contributed by atoms with Crippen LogP contribution in [-0.2, 0) is 16.2 Å². The van der Waals surface area contributed by atoms with Crippen LogP contribution in [0, 0.1) is 5.82 Å². The number of aromatic nitrogens is 1. The van der Waals surface area contributed by atoms with E-state index < -0.39 is 38.5 Å². The van der Waals surface area contributed by atoms with Crippen LogP contribution in [0.2, 0.25) is 0 Å². The first-order chi connectivity index (χ1) is 12.5. The van der Waals surface area contributed by atoms with Crippen LogP contribution in [0.3, 0.4) is 0 Å². The maximum Gasteiger partial charge on any atom is 0.434 e. The van der Waals surface area contributed by atoms with Crippen LogP contribution in [0.5, 0.6) is 0 Å². The third-order valence-electron chi connectivity index (χ3n) is 3.53. The summed E-state index contributed by atoms with van der Waals surface area (Å²) >= 11 is 0.561. The van der Waals surface area contributed by atoms with Crippen molar-refractivity contribution in [1.82, 2.24) is 9.29 Å². The molecule has 27 heavy (non-hydrogen) atoms. The first kappa shape index (κ1) is 21.3. The number of nitrogens with zero attached hydrogens (tertiary/aromatic N) is 2. The number of sulfonamides is 1. The third-order valence-corrected chi connectivity index (χ3v) is 6.35. The molecule has 0 unspecified atom stereocenters. The van der Waals surface area contributed by atoms with Gasteiger partial charge in [-0.05, 0) is 18.2 Å². The van der Waals surface area contributed by atoms with Crippen molar-refractivity contribution in [2.24, 2.45) is 0 Å². The fourth-order valence-corrected chi connectivity index (χ4v) is 4.44. The number of anilines is 1. The number of hydrogen-bond acceptors (Lipinski definition) is 5. The summed E-state index contributed by atoms with van der Waals surface area (Å²) in [4.78, 5) is 14.8. The molecule has 0 radical (unpaired) electrons. The molecule has 1 aromatic heterocycles. The molecule has 0 aliphatic carbocycles. The molecule has 0 saturated heterocycles. The fourth-order valence-electron chi connectivity index (χ4n) is 2.18. The Labute approximate surface area is 156 Å². The highest BCUT2D eigenvalue weighted by Gasteiger charge is 2.34. The minimum absolute atomic E-state index is 0.105. The lowest BCUT2D eigenvalue weighted by atomic mass is 10.2. The van der Waals surface area contributed by atoms with Crippen LogP contribution in [-0.4, -0.2) is 36.7 Å². The van der Waals surface area contributed by atoms with Crippen LogP contribution in [0.25, 0.3) is 0 Å². The minimum atomic E-state index is -4.65. The number of nitrogens with one attached hydrogen (secondary N) is 1. The van der Waals surface area contributed by atoms with Gasteiger partial charge in [0.2, 0.25) is 10.0 Å². The summed E-state index contributed by atoms with van der Waals surface area (Å²) in [6.45, 7) is 3.37. The molecule has 0 bridgehead atoms. The molecule has 0 aliphatic heterocycles. The van der Waals surface area contributed by atoms with E-state index in [1.807, 2.05) is 0 Å². The van der Waals surface area contributed by atoms with Crippen molar-refractivity contribution in [2.75, 3.05) is 18.4 Å². The lowest BCUT2D eigenvalue weighted by Crippen LogP contribution is -2.31. The van der Waals surface area contributed by atoms with E-state index in [0.717, 1.165) is 27.9 Å². The van der Waals surface area contributed by atoms with E-state index in [2.05, 4.69) is 10.3 Å². The Bertz CT molecular complexity index is 938. The Morgan fingerprint density at radius 3 is 2.41 bits per heavy atom. The molecular formula is C15H15F4N3O3S2. The van der Waals surface area contributed by atoms with Crippen molar-refractivity contribution in [3.8, 4) is 0 Å². The molecule has 2 rings (SSSR count). The van der Waals surface area contributed by atoms with Crippen molar-refractivity contribution < 1.29 is 30.8 Å². The van der Waals surface area contributed by atoms with Crippen molar-refractivity contribution in [3.05, 3.63) is 40.7 Å². The highest BCUT2D eigenvalue weighted by molar-refractivity contribution is 7.89. The summed E-state index contributed by atoms with van der Waals surface area (Å²) in [5.74, 6) is -1.94. The van der Waals surface area contributed by atoms with Gasteiger partial charge in [-0.25, -0.2) is 17.8 Å². The topological polar surface area (TPSA) is 79.4 Å². The Hall–Kier alpha value is -2.05. The van der Waals surface area contributed by atoms with E-state index in [4.69, 9.17) is 0 Å². The van der Waals surface area contributed by atoms with Gasteiger partial charge in [0, 0.05) is 24.0 Å². The number of carbonyl (C=O) groups is 1. The van der Waals surface area contributed by atoms with Crippen molar-refractivity contribution >= 4 is 32.4 Å². The largest absolute Gasteiger partial charge is 0.434 e. The number of rotatable bonds is 6. The maximum atomic E-state index is 14.1. The zero-order valence-electron chi connectivity index (χ0n) is 14.2. The molecule has 1 aromatic carbocycles. The Kier molecular flexibility index (Phi) is 6.22. The molecule has 0 atom stereocenters. The van der Waals surface area contributed by atoms with Crippen molar-refractivity contribution in [1.29, 1.82) is 0 Å². The average Bonchev–Trinajstić information content (AvgIpc) is 3.04. The van der Waals surface area contributed by atoms with Gasteiger partial charge < -0.3 is 0 Å². The number of benzene rings is 1. The van der Waals surface area contributed by atoms with Gasteiger partial charge in [-0.3, -0.25) is 10.1 Å². The molecule has 1 N–H and O–H groups in total. The van der Waals surface area contributed by atoms with E-state index >= 15 is 0 Å². The second kappa shape index (κ2) is 7.90. The van der Waals surface area contributed by atoms with Crippen molar-refractivity contribution in [2.45, 2.75) is 24.9 Å². The standard InChI is InChI=1S/C15H15F4N3O3S2/c1-3-22(4-2)27(24,25)11-7-9(5-6-10(11)16)13(23)21-14-20-12(8-26-14)15(17,18)19/h5-8H,3-4H2,1-2H3,(H,20,21,23). The molecule has 148 valence electrons. The summed E-state index contributed by atoms with van der Waals surface area (Å²) in [5, 5.41) is 2.56. The molecule has 12 heteroatoms. The molecule has 0 aliphatic rings. The lowest BCUT2D eigenvalue weighted by Gasteiger charge is -2.19. The zero-order valence-corrected chi connectivity index (χ0v) is 15.8. The zero-order chi connectivity index (χ0) is 20.4. The summed E-state index contributed by atoms with van der Waals surface area (Å²) in [6, 6.07) is 2.69. The number of alkyl halides is 3. The number of halogens is 4. The van der Waals surface area contributed by atoms with Crippen molar-refractivity contribution in [3.63, 3.8) is 0 Å². The third kappa shape index (κ3) is 4.62. The maximum absolute atomic E-state index is 14.1. The van der Waals surface area contributed by atoms with E-state index in [1.165, 1.54) is 0 Å². The van der Waals surface area contributed by atoms with Crippen LogP contribution in [0.1, 0.15) is 29.9 Å². The fraction of sp³-hybridized carbons (Fsp3) is 0.333. The van der Waals surface area contributed by atoms with Gasteiger partial charge in [0.25, 0.3) is 5.91 Å². The lowest BCUT2D eigenvalue weighted by molar-refractivity contribution is -0.140. The van der Waals surface area contributed by atoms with Gasteiger partial charge >= 0.3 is 6.18 Å². The van der Waals surface area contributed by atoms with E-state index in [-0.39, 0.29) is 23.8 Å². The van der Waals surface area contributed by atoms with Gasteiger partial charge in [0.05, 0.1) is 0 Å². The Morgan fingerprint density at radius 2 is 1.89 bits per heavy atom. The van der Waals surface area contributed by atoms with E-state index in [1.54, 1.807) is 13.8 Å². The quantitative estimate of drug-likeness (QED) is 0.718. The summed E-state index contributed by atoms with van der Waals surface area (Å²) in [5.41, 5.74) is -1.39. The smallest absolute Gasteiger partial charge is 0.298 e. The second-order valence-electron chi connectivity index (χ2n) is 5.22. The first-order valence-corrected chi connectivity index (χ1v) is 9.96. The summed E-state index contributed by atoms with van der Waals surface area (Å²) in [7, 11) is -4.16. The van der Waals surface area contributed by atoms with Crippen LogP contribution in [0.15, 0.2) is 28.5 Å². The second-order valence-corrected chi connectivity index (χ2v) is 7.99. The summed E-state index contributed by atoms with van der Waals surface area (Å²) < 4.78 is 77.7. The normalized spacial score (nSPS) is 12.4. The van der Waals surface area contributed by atoms with E-state index in [9.17, 15) is 30.8 Å². The number of carbonyl (C=O) groups excluding carboxylic acids is 1. The SMILES string of the molecule is CCN(CC)S(=O)(=O)c1cc(C(=O)Nc2nc(C(F)(F)F)cs2)ccc1F. The molecule has 1 heterocycles. The van der Waals surface area contributed by atoms with Crippen LogP contribution >= 0.6 is 11.3 Å². The van der Waals surface area contributed by atoms with Gasteiger partial charge in [-0.2, -0.15) is 17.5 Å². The van der Waals surface area contributed by atoms with E-state index in [0.29, 0.717) is 11.3 Å². The molecular weight excluding hydrogens is 410 g/mol. The van der Waals surface area contributed by atoms with Gasteiger partial charge in [-0.15, -0.1) is 11.3 Å². The van der Waals surface area contributed by atoms with Gasteiger partial charge in [0.1, 0.15) is 10.7 Å². The van der Waals surface area contributed by atoms with Gasteiger partial charge in [0.15, 0.2) is 10.8 Å². The highest BCUT2D eigenvalue weighted by atomic mass is 32.2. The summed E-state index contributed by atoms with van der Waals surface area (Å²) in [6.07, 6.45) is -4.65. The molecule has 1 amide bonds. The molecule has 0 fully saturated rings. The first-order valence-electron chi connectivity index (χ1n) is 7.64. The molecule has 6 nitrogen and oxygen atoms in total. The Balaban J connectivity index is 2.32. The average molecular weight is 425 g/mol. The highest BCUT2D eigenvalue weighted by Crippen LogP contribution is 2.31.